The minimum absolute atomic E-state index is 0.763. The first-order valence-electron chi connectivity index (χ1n) is 7.70. The summed E-state index contributed by atoms with van der Waals surface area (Å²) in [6, 6.07) is 8.83. The van der Waals surface area contributed by atoms with Gasteiger partial charge in [-0.05, 0) is 55.3 Å². The smallest absolute Gasteiger partial charge is 0.0240 e. The van der Waals surface area contributed by atoms with Crippen LogP contribution in [0, 0.1) is 11.8 Å². The molecule has 19 heavy (non-hydrogen) atoms. The first kappa shape index (κ1) is 14.5. The first-order valence-corrected chi connectivity index (χ1v) is 7.70. The number of fused-ring (bicyclic) bond motifs is 1. The molecule has 0 aliphatic carbocycles. The van der Waals surface area contributed by atoms with Crippen molar-refractivity contribution < 1.29 is 0 Å². The van der Waals surface area contributed by atoms with Crippen LogP contribution in [-0.4, -0.2) is 18.0 Å². The van der Waals surface area contributed by atoms with Crippen molar-refractivity contribution in [2.24, 2.45) is 17.6 Å². The molecule has 0 fully saturated rings. The van der Waals surface area contributed by atoms with Gasteiger partial charge in [0.05, 0.1) is 0 Å². The van der Waals surface area contributed by atoms with E-state index in [2.05, 4.69) is 43.0 Å². The third-order valence-electron chi connectivity index (χ3n) is 4.44. The molecule has 0 saturated carbocycles. The van der Waals surface area contributed by atoms with E-state index < -0.39 is 0 Å². The maximum Gasteiger partial charge on any atom is 0.0240 e. The van der Waals surface area contributed by atoms with Gasteiger partial charge in [-0.3, -0.25) is 4.90 Å². The molecule has 1 aliphatic heterocycles. The van der Waals surface area contributed by atoms with Crippen molar-refractivity contribution in [1.29, 1.82) is 0 Å². The van der Waals surface area contributed by atoms with Crippen molar-refractivity contribution in [3.8, 4) is 0 Å². The molecule has 1 aromatic rings. The number of nitrogens with zero attached hydrogens (tertiary/aromatic N) is 1. The molecule has 0 amide bonds. The van der Waals surface area contributed by atoms with Crippen LogP contribution in [0.25, 0.3) is 0 Å². The van der Waals surface area contributed by atoms with Crippen LogP contribution in [0.15, 0.2) is 24.3 Å². The quantitative estimate of drug-likeness (QED) is 0.814. The van der Waals surface area contributed by atoms with Gasteiger partial charge in [0.2, 0.25) is 0 Å². The lowest BCUT2D eigenvalue weighted by Gasteiger charge is -2.22. The maximum absolute atomic E-state index is 5.71. The third kappa shape index (κ3) is 4.05. The molecule has 0 bridgehead atoms. The van der Waals surface area contributed by atoms with Crippen LogP contribution < -0.4 is 5.73 Å². The zero-order valence-corrected chi connectivity index (χ0v) is 12.4. The lowest BCUT2D eigenvalue weighted by Crippen LogP contribution is -2.20. The standard InChI is InChI=1S/C17H28N2/c1-14(2)15(9-10-18)8-5-11-19-12-16-6-3-4-7-17(16)13-19/h3-4,6-7,14-15H,5,8-13,18H2,1-2H3. The summed E-state index contributed by atoms with van der Waals surface area (Å²) in [6.07, 6.45) is 3.80. The molecule has 2 N–H and O–H groups in total. The van der Waals surface area contributed by atoms with E-state index in [-0.39, 0.29) is 0 Å². The summed E-state index contributed by atoms with van der Waals surface area (Å²) >= 11 is 0. The molecular formula is C17H28N2. The highest BCUT2D eigenvalue weighted by Gasteiger charge is 2.18. The Morgan fingerprint density at radius 2 is 1.74 bits per heavy atom. The van der Waals surface area contributed by atoms with Gasteiger partial charge in [-0.15, -0.1) is 0 Å². The summed E-state index contributed by atoms with van der Waals surface area (Å²) in [4.78, 5) is 2.57. The molecule has 106 valence electrons. The second kappa shape index (κ2) is 7.06. The van der Waals surface area contributed by atoms with Gasteiger partial charge in [-0.1, -0.05) is 38.1 Å². The molecule has 0 radical (unpaired) electrons. The number of nitrogens with two attached hydrogens (primary N) is 1. The lowest BCUT2D eigenvalue weighted by atomic mass is 9.88. The summed E-state index contributed by atoms with van der Waals surface area (Å²) in [7, 11) is 0. The highest BCUT2D eigenvalue weighted by molar-refractivity contribution is 5.30. The molecule has 1 unspecified atom stereocenters. The van der Waals surface area contributed by atoms with E-state index in [4.69, 9.17) is 5.73 Å². The molecule has 2 heteroatoms. The van der Waals surface area contributed by atoms with Gasteiger partial charge in [0.25, 0.3) is 0 Å². The molecule has 0 aromatic heterocycles. The molecular weight excluding hydrogens is 232 g/mol. The highest BCUT2D eigenvalue weighted by Crippen LogP contribution is 2.24. The van der Waals surface area contributed by atoms with Crippen molar-refractivity contribution >= 4 is 0 Å². The van der Waals surface area contributed by atoms with Crippen molar-refractivity contribution in [1.82, 2.24) is 4.90 Å². The van der Waals surface area contributed by atoms with Crippen LogP contribution in [0.5, 0.6) is 0 Å². The predicted octanol–water partition coefficient (Wildman–Crippen LogP) is 3.40. The van der Waals surface area contributed by atoms with Crippen molar-refractivity contribution in [3.63, 3.8) is 0 Å². The Kier molecular flexibility index (Phi) is 5.41. The van der Waals surface area contributed by atoms with Gasteiger partial charge in [0.1, 0.15) is 0 Å². The summed E-state index contributed by atoms with van der Waals surface area (Å²) < 4.78 is 0. The second-order valence-electron chi connectivity index (χ2n) is 6.20. The van der Waals surface area contributed by atoms with Gasteiger partial charge >= 0.3 is 0 Å². The fourth-order valence-electron chi connectivity index (χ4n) is 3.16. The molecule has 0 spiro atoms. The monoisotopic (exact) mass is 260 g/mol. The zero-order chi connectivity index (χ0) is 13.7. The summed E-state index contributed by atoms with van der Waals surface area (Å²) in [5.74, 6) is 1.56. The first-order chi connectivity index (χ1) is 9.20. The molecule has 0 saturated heterocycles. The van der Waals surface area contributed by atoms with Crippen molar-refractivity contribution in [2.45, 2.75) is 46.2 Å². The fraction of sp³-hybridized carbons (Fsp3) is 0.647. The van der Waals surface area contributed by atoms with Gasteiger partial charge in [0, 0.05) is 13.1 Å². The van der Waals surface area contributed by atoms with Gasteiger partial charge in [0.15, 0.2) is 0 Å². The molecule has 1 aliphatic rings. The van der Waals surface area contributed by atoms with E-state index in [1.54, 1.807) is 0 Å². The SMILES string of the molecule is CC(C)C(CCN)CCCN1Cc2ccccc2C1. The third-order valence-corrected chi connectivity index (χ3v) is 4.44. The minimum atomic E-state index is 0.763. The minimum Gasteiger partial charge on any atom is -0.330 e. The predicted molar refractivity (Wildman–Crippen MR) is 81.8 cm³/mol. The second-order valence-corrected chi connectivity index (χ2v) is 6.20. The Labute approximate surface area is 118 Å². The number of hydrogen-bond acceptors (Lipinski definition) is 2. The van der Waals surface area contributed by atoms with E-state index in [9.17, 15) is 0 Å². The van der Waals surface area contributed by atoms with Crippen LogP contribution in [0.1, 0.15) is 44.2 Å². The molecule has 1 heterocycles. The summed E-state index contributed by atoms with van der Waals surface area (Å²) in [6.45, 7) is 8.98. The van der Waals surface area contributed by atoms with E-state index in [0.29, 0.717) is 0 Å². The van der Waals surface area contributed by atoms with Gasteiger partial charge in [-0.25, -0.2) is 0 Å². The van der Waals surface area contributed by atoms with Crippen LogP contribution in [0.2, 0.25) is 0 Å². The normalized spacial score (nSPS) is 16.8. The summed E-state index contributed by atoms with van der Waals surface area (Å²) in [5.41, 5.74) is 8.74. The number of benzene rings is 1. The van der Waals surface area contributed by atoms with Crippen molar-refractivity contribution in [2.75, 3.05) is 13.1 Å². The van der Waals surface area contributed by atoms with E-state index in [0.717, 1.165) is 31.5 Å². The van der Waals surface area contributed by atoms with E-state index in [1.165, 1.54) is 36.9 Å². The Balaban J connectivity index is 1.73. The molecule has 2 nitrogen and oxygen atoms in total. The molecule has 1 aromatic carbocycles. The van der Waals surface area contributed by atoms with Gasteiger partial charge < -0.3 is 5.73 Å². The zero-order valence-electron chi connectivity index (χ0n) is 12.4. The Bertz CT molecular complexity index is 362. The van der Waals surface area contributed by atoms with Crippen LogP contribution in [0.4, 0.5) is 0 Å². The average Bonchev–Trinajstić information content (AvgIpc) is 2.80. The summed E-state index contributed by atoms with van der Waals surface area (Å²) in [5, 5.41) is 0. The Hall–Kier alpha value is -0.860. The number of rotatable bonds is 7. The lowest BCUT2D eigenvalue weighted by molar-refractivity contribution is 0.252. The largest absolute Gasteiger partial charge is 0.330 e. The van der Waals surface area contributed by atoms with Crippen LogP contribution in [-0.2, 0) is 13.1 Å². The van der Waals surface area contributed by atoms with Crippen LogP contribution in [0.3, 0.4) is 0 Å². The topological polar surface area (TPSA) is 29.3 Å². The Morgan fingerprint density at radius 1 is 1.11 bits per heavy atom. The molecule has 2 rings (SSSR count). The molecule has 1 atom stereocenters. The fourth-order valence-corrected chi connectivity index (χ4v) is 3.16. The van der Waals surface area contributed by atoms with E-state index >= 15 is 0 Å². The average molecular weight is 260 g/mol. The Morgan fingerprint density at radius 3 is 2.26 bits per heavy atom. The van der Waals surface area contributed by atoms with E-state index in [1.807, 2.05) is 0 Å². The van der Waals surface area contributed by atoms with Gasteiger partial charge in [-0.2, -0.15) is 0 Å². The highest BCUT2D eigenvalue weighted by atomic mass is 15.1. The van der Waals surface area contributed by atoms with Crippen LogP contribution >= 0.6 is 0 Å². The van der Waals surface area contributed by atoms with Crippen molar-refractivity contribution in [3.05, 3.63) is 35.4 Å². The maximum atomic E-state index is 5.71. The number of hydrogen-bond donors (Lipinski definition) is 1.